The number of amides is 1. The first kappa shape index (κ1) is 30.8. The molecular weight excluding hydrogens is 474 g/mol. The summed E-state index contributed by atoms with van der Waals surface area (Å²) in [7, 11) is -0.228. The molecule has 0 bridgehead atoms. The van der Waals surface area contributed by atoms with Crippen molar-refractivity contribution >= 4 is 39.1 Å². The summed E-state index contributed by atoms with van der Waals surface area (Å²) in [5, 5.41) is 6.83. The third-order valence-corrected chi connectivity index (χ3v) is 10.5. The van der Waals surface area contributed by atoms with Gasteiger partial charge in [0.15, 0.2) is 0 Å². The number of azide groups is 1. The van der Waals surface area contributed by atoms with Gasteiger partial charge in [0.05, 0.1) is 0 Å². The fourth-order valence-corrected chi connectivity index (χ4v) is 6.18. The predicted molar refractivity (Wildman–Crippen MR) is 151 cm³/mol. The van der Waals surface area contributed by atoms with Crippen LogP contribution in [-0.2, 0) is 11.3 Å². The summed E-state index contributed by atoms with van der Waals surface area (Å²) in [4.78, 5) is 27.6. The molecule has 0 heterocycles. The molecule has 1 N–H and O–H groups in total. The van der Waals surface area contributed by atoms with E-state index in [0.29, 0.717) is 19.5 Å². The van der Waals surface area contributed by atoms with Crippen molar-refractivity contribution in [3.05, 3.63) is 70.1 Å². The van der Waals surface area contributed by atoms with Crippen LogP contribution < -0.4 is 5.32 Å². The molecule has 6 nitrogen and oxygen atoms in total. The second-order valence-electron chi connectivity index (χ2n) is 9.25. The quantitative estimate of drug-likeness (QED) is 0.0819. The van der Waals surface area contributed by atoms with Gasteiger partial charge in [-0.05, 0) is 59.0 Å². The van der Waals surface area contributed by atoms with Gasteiger partial charge in [-0.25, -0.2) is 0 Å². The molecular formula is C26H35BN4O2PS. The van der Waals surface area contributed by atoms with Gasteiger partial charge in [0.1, 0.15) is 0 Å². The summed E-state index contributed by atoms with van der Waals surface area (Å²) in [6, 6.07) is 15.8. The Kier molecular flexibility index (Phi) is 13.8. The van der Waals surface area contributed by atoms with Gasteiger partial charge in [0.25, 0.3) is 0 Å². The highest BCUT2D eigenvalue weighted by molar-refractivity contribution is 8.17. The van der Waals surface area contributed by atoms with E-state index in [1.54, 1.807) is 0 Å². The number of nitrogens with zero attached hydrogens (tertiary/aromatic N) is 3. The van der Waals surface area contributed by atoms with Crippen LogP contribution in [0.15, 0.2) is 53.6 Å². The number of carbonyl (C=O) groups excluding carboxylic acids is 2. The van der Waals surface area contributed by atoms with Crippen LogP contribution in [0.3, 0.4) is 0 Å². The van der Waals surface area contributed by atoms with Crippen LogP contribution in [0.4, 0.5) is 0 Å². The zero-order valence-corrected chi connectivity index (χ0v) is 22.9. The molecule has 35 heavy (non-hydrogen) atoms. The maximum Gasteiger partial charge on any atom is 0.220 e. The normalized spacial score (nSPS) is 11.7. The van der Waals surface area contributed by atoms with Gasteiger partial charge in [-0.15, -0.1) is 0 Å². The fraction of sp³-hybridized carbons (Fsp3) is 0.462. The van der Waals surface area contributed by atoms with Crippen molar-refractivity contribution in [1.82, 2.24) is 5.32 Å². The zero-order valence-electron chi connectivity index (χ0n) is 21.2. The number of benzene rings is 2. The fourth-order valence-electron chi connectivity index (χ4n) is 3.10. The number of thioether (sulfide) groups is 1. The highest BCUT2D eigenvalue weighted by atomic mass is 32.2. The van der Waals surface area contributed by atoms with Crippen LogP contribution in [0.5, 0.6) is 0 Å². The van der Waals surface area contributed by atoms with Gasteiger partial charge in [0.2, 0.25) is 11.0 Å². The van der Waals surface area contributed by atoms with Crippen LogP contribution in [0, 0.1) is 0 Å². The maximum absolute atomic E-state index is 12.8. The van der Waals surface area contributed by atoms with Gasteiger partial charge < -0.3 is 5.32 Å². The minimum absolute atomic E-state index is 0. The Morgan fingerprint density at radius 1 is 1.06 bits per heavy atom. The Balaban J connectivity index is 0.00000612. The standard InChI is InChI=1S/C26H35N4O2PS.B/c1-26(2,3)33(4)19-34-25(32)23-13-9-12-22(17-23)21-11-8-10-20(16-21)18-28-24(31)14-6-5-7-15-29-30-27;/h8-13,16-17H,5-7,14-15,18-19H2,1-4H3,(H,28,31);. The Labute approximate surface area is 217 Å². The molecule has 0 fully saturated rings. The molecule has 0 aliphatic heterocycles. The highest BCUT2D eigenvalue weighted by Gasteiger charge is 2.21. The van der Waals surface area contributed by atoms with Crippen molar-refractivity contribution in [2.75, 3.05) is 18.7 Å². The predicted octanol–water partition coefficient (Wildman–Crippen LogP) is 7.20. The SMILES string of the molecule is CP(CSC(=O)c1cccc(-c2cccc(CNC(=O)CCCCCN=[N+]=[N-])c2)c1)C(C)(C)C.[B]. The maximum atomic E-state index is 12.8. The third kappa shape index (κ3) is 11.3. The van der Waals surface area contributed by atoms with Crippen LogP contribution in [0.25, 0.3) is 21.6 Å². The number of hydrogen-bond acceptors (Lipinski definition) is 4. The van der Waals surface area contributed by atoms with Gasteiger partial charge in [-0.1, -0.05) is 88.4 Å². The van der Waals surface area contributed by atoms with Crippen molar-refractivity contribution in [1.29, 1.82) is 0 Å². The van der Waals surface area contributed by atoms with Crippen molar-refractivity contribution in [2.24, 2.45) is 5.11 Å². The van der Waals surface area contributed by atoms with E-state index in [1.807, 2.05) is 42.5 Å². The van der Waals surface area contributed by atoms with Gasteiger partial charge in [-0.2, -0.15) is 0 Å². The molecule has 1 atom stereocenters. The van der Waals surface area contributed by atoms with E-state index in [0.717, 1.165) is 47.0 Å². The minimum Gasteiger partial charge on any atom is -0.352 e. The molecule has 2 rings (SSSR count). The van der Waals surface area contributed by atoms with Gasteiger partial charge in [0, 0.05) is 43.9 Å². The lowest BCUT2D eigenvalue weighted by atomic mass is 10.0. The van der Waals surface area contributed by atoms with Gasteiger partial charge in [-0.3, -0.25) is 9.59 Å². The lowest BCUT2D eigenvalue weighted by molar-refractivity contribution is -0.121. The highest BCUT2D eigenvalue weighted by Crippen LogP contribution is 2.48. The molecule has 9 heteroatoms. The molecule has 0 aliphatic rings. The molecule has 0 spiro atoms. The summed E-state index contributed by atoms with van der Waals surface area (Å²) >= 11 is 1.42. The first-order chi connectivity index (χ1) is 16.2. The summed E-state index contributed by atoms with van der Waals surface area (Å²) in [5.74, 6) is 0.0185. The first-order valence-electron chi connectivity index (χ1n) is 11.6. The molecule has 1 amide bonds. The van der Waals surface area contributed by atoms with Crippen molar-refractivity contribution in [2.45, 2.75) is 58.2 Å². The van der Waals surface area contributed by atoms with E-state index < -0.39 is 0 Å². The number of nitrogens with one attached hydrogen (secondary N) is 1. The lowest BCUT2D eigenvalue weighted by Gasteiger charge is -2.27. The molecule has 1 unspecified atom stereocenters. The molecule has 0 aromatic heterocycles. The average molecular weight is 509 g/mol. The number of rotatable bonds is 12. The van der Waals surface area contributed by atoms with E-state index in [-0.39, 0.29) is 32.5 Å². The Hall–Kier alpha value is -2.27. The molecule has 0 saturated heterocycles. The molecule has 2 aromatic carbocycles. The lowest BCUT2D eigenvalue weighted by Crippen LogP contribution is -2.22. The van der Waals surface area contributed by atoms with E-state index in [2.05, 4.69) is 48.8 Å². The van der Waals surface area contributed by atoms with Gasteiger partial charge >= 0.3 is 0 Å². The molecule has 0 aliphatic carbocycles. The molecule has 3 radical (unpaired) electrons. The van der Waals surface area contributed by atoms with Crippen LogP contribution >= 0.6 is 19.7 Å². The molecule has 0 saturated carbocycles. The zero-order chi connectivity index (χ0) is 25.0. The smallest absolute Gasteiger partial charge is 0.220 e. The van der Waals surface area contributed by atoms with E-state index >= 15 is 0 Å². The minimum atomic E-state index is -0.228. The van der Waals surface area contributed by atoms with E-state index in [1.165, 1.54) is 11.8 Å². The van der Waals surface area contributed by atoms with Crippen molar-refractivity contribution in [3.8, 4) is 11.1 Å². The topological polar surface area (TPSA) is 94.9 Å². The monoisotopic (exact) mass is 509 g/mol. The largest absolute Gasteiger partial charge is 0.352 e. The Morgan fingerprint density at radius 2 is 1.74 bits per heavy atom. The Morgan fingerprint density at radius 3 is 2.43 bits per heavy atom. The number of hydrogen-bond donors (Lipinski definition) is 1. The van der Waals surface area contributed by atoms with Crippen LogP contribution in [0.1, 0.15) is 62.4 Å². The Bertz CT molecular complexity index is 1020. The van der Waals surface area contributed by atoms with Crippen LogP contribution in [0.2, 0.25) is 0 Å². The second-order valence-corrected chi connectivity index (χ2v) is 13.7. The van der Waals surface area contributed by atoms with E-state index in [4.69, 9.17) is 5.53 Å². The second kappa shape index (κ2) is 15.7. The third-order valence-electron chi connectivity index (χ3n) is 5.61. The summed E-state index contributed by atoms with van der Waals surface area (Å²) in [5.41, 5.74) is 12.9. The van der Waals surface area contributed by atoms with Crippen molar-refractivity contribution in [3.63, 3.8) is 0 Å². The van der Waals surface area contributed by atoms with Crippen LogP contribution in [-0.4, -0.2) is 43.3 Å². The summed E-state index contributed by atoms with van der Waals surface area (Å²) < 4.78 is 0. The summed E-state index contributed by atoms with van der Waals surface area (Å²) in [6.45, 7) is 9.89. The number of carbonyl (C=O) groups is 2. The molecule has 2 aromatic rings. The average Bonchev–Trinajstić information content (AvgIpc) is 2.82. The van der Waals surface area contributed by atoms with Crippen molar-refractivity contribution < 1.29 is 9.59 Å². The first-order valence-corrected chi connectivity index (χ1v) is 14.5. The number of unbranched alkanes of at least 4 members (excludes halogenated alkanes) is 2. The van der Waals surface area contributed by atoms with E-state index in [9.17, 15) is 9.59 Å². The molecule has 185 valence electrons. The summed E-state index contributed by atoms with van der Waals surface area (Å²) in [6.07, 6.45) is 2.91.